The number of amides is 1. The van der Waals surface area contributed by atoms with E-state index in [0.29, 0.717) is 42.1 Å². The molecule has 1 aromatic rings. The topological polar surface area (TPSA) is 65.0 Å². The maximum absolute atomic E-state index is 12.1. The molecular formula is C12H13ClN4O2S. The number of hydrogen-bond acceptors (Lipinski definition) is 4. The van der Waals surface area contributed by atoms with Gasteiger partial charge in [-0.1, -0.05) is 11.6 Å². The van der Waals surface area contributed by atoms with Gasteiger partial charge in [0.15, 0.2) is 11.0 Å². The summed E-state index contributed by atoms with van der Waals surface area (Å²) in [4.78, 5) is 15.0. The van der Waals surface area contributed by atoms with Crippen LogP contribution in [-0.2, 0) is 15.8 Å². The van der Waals surface area contributed by atoms with Crippen LogP contribution in [0.15, 0.2) is 27.5 Å². The number of nitrogens with zero attached hydrogens (tertiary/aromatic N) is 3. The third-order valence-corrected chi connectivity index (χ3v) is 4.60. The molecule has 106 valence electrons. The minimum absolute atomic E-state index is 0.539. The van der Waals surface area contributed by atoms with E-state index < -0.39 is 11.0 Å². The number of rotatable bonds is 1. The molecule has 1 N–H and O–H groups in total. The number of carbonyl (C=O) groups is 1. The number of piperazine rings is 1. The Balaban J connectivity index is 1.79. The number of hydrogen-bond donors (Lipinski definition) is 1. The Bertz CT molecular complexity index is 599. The van der Waals surface area contributed by atoms with Crippen LogP contribution < -0.4 is 5.32 Å². The van der Waals surface area contributed by atoms with Gasteiger partial charge in [0.25, 0.3) is 0 Å². The summed E-state index contributed by atoms with van der Waals surface area (Å²) < 4.78 is 16.3. The van der Waals surface area contributed by atoms with E-state index >= 15 is 0 Å². The van der Waals surface area contributed by atoms with Crippen molar-refractivity contribution in [1.29, 1.82) is 0 Å². The lowest BCUT2D eigenvalue weighted by atomic mass is 10.3. The van der Waals surface area contributed by atoms with Crippen molar-refractivity contribution in [2.45, 2.75) is 4.90 Å². The van der Waals surface area contributed by atoms with E-state index in [9.17, 15) is 9.00 Å². The van der Waals surface area contributed by atoms with Crippen molar-refractivity contribution in [2.24, 2.45) is 4.40 Å². The van der Waals surface area contributed by atoms with Crippen molar-refractivity contribution in [2.75, 3.05) is 31.5 Å². The van der Waals surface area contributed by atoms with E-state index in [2.05, 4.69) is 9.71 Å². The Morgan fingerprint density at radius 3 is 2.75 bits per heavy atom. The Kier molecular flexibility index (Phi) is 3.62. The zero-order valence-corrected chi connectivity index (χ0v) is 12.2. The van der Waals surface area contributed by atoms with E-state index in [4.69, 9.17) is 11.6 Å². The van der Waals surface area contributed by atoms with Crippen molar-refractivity contribution in [3.05, 3.63) is 23.2 Å². The summed E-state index contributed by atoms with van der Waals surface area (Å²) >= 11 is 5.90. The third kappa shape index (κ3) is 2.51. The monoisotopic (exact) mass is 312 g/mol. The van der Waals surface area contributed by atoms with Crippen LogP contribution in [0, 0.1) is 0 Å². The van der Waals surface area contributed by atoms with E-state index in [0.717, 1.165) is 12.1 Å². The largest absolute Gasteiger partial charge is 0.342 e. The molecule has 1 amide bonds. The number of carbonyl (C=O) groups excluding carboxylic acids is 1. The van der Waals surface area contributed by atoms with Crippen LogP contribution in [-0.4, -0.2) is 52.6 Å². The van der Waals surface area contributed by atoms with Gasteiger partial charge in [-0.25, -0.2) is 4.21 Å². The van der Waals surface area contributed by atoms with Gasteiger partial charge >= 0.3 is 0 Å². The van der Waals surface area contributed by atoms with Gasteiger partial charge in [-0.05, 0) is 18.2 Å². The number of benzene rings is 1. The zero-order valence-electron chi connectivity index (χ0n) is 10.6. The van der Waals surface area contributed by atoms with Gasteiger partial charge in [0.1, 0.15) is 0 Å². The lowest BCUT2D eigenvalue weighted by Crippen LogP contribution is -2.50. The van der Waals surface area contributed by atoms with Gasteiger partial charge in [0, 0.05) is 31.2 Å². The molecule has 2 heterocycles. The van der Waals surface area contributed by atoms with Crippen molar-refractivity contribution in [3.8, 4) is 0 Å². The first kappa shape index (κ1) is 13.4. The molecule has 1 fully saturated rings. The molecule has 2 aliphatic rings. The number of fused-ring (bicyclic) bond motifs is 1. The maximum Gasteiger partial charge on any atom is 0.213 e. The van der Waals surface area contributed by atoms with Gasteiger partial charge in [-0.2, -0.15) is 0 Å². The summed E-state index contributed by atoms with van der Waals surface area (Å²) in [5.41, 5.74) is 0.760. The molecule has 3 rings (SSSR count). The Morgan fingerprint density at radius 2 is 2.05 bits per heavy atom. The average Bonchev–Trinajstić information content (AvgIpc) is 2.48. The SMILES string of the molecule is O=CN1CCN(C2=NS(=O)c3cc(Cl)ccc3N2)CC1. The molecule has 2 aliphatic heterocycles. The van der Waals surface area contributed by atoms with E-state index in [1.807, 2.05) is 4.90 Å². The quantitative estimate of drug-likeness (QED) is 0.783. The molecule has 0 saturated carbocycles. The molecule has 0 bridgehead atoms. The van der Waals surface area contributed by atoms with E-state index in [-0.39, 0.29) is 0 Å². The fraction of sp³-hybridized carbons (Fsp3) is 0.333. The fourth-order valence-electron chi connectivity index (χ4n) is 2.19. The Morgan fingerprint density at radius 1 is 1.30 bits per heavy atom. The van der Waals surface area contributed by atoms with Gasteiger partial charge in [0.2, 0.25) is 12.4 Å². The molecule has 0 aromatic heterocycles. The summed E-state index contributed by atoms with van der Waals surface area (Å²) in [6.07, 6.45) is 0.850. The second-order valence-electron chi connectivity index (χ2n) is 4.56. The van der Waals surface area contributed by atoms with Crippen molar-refractivity contribution < 1.29 is 9.00 Å². The number of halogens is 1. The molecule has 0 spiro atoms. The number of nitrogens with one attached hydrogen (secondary N) is 1. The highest BCUT2D eigenvalue weighted by Gasteiger charge is 2.24. The van der Waals surface area contributed by atoms with Crippen molar-refractivity contribution in [1.82, 2.24) is 9.80 Å². The summed E-state index contributed by atoms with van der Waals surface area (Å²) in [6.45, 7) is 2.63. The standard InChI is InChI=1S/C12H13ClN4O2S/c13-9-1-2-10-11(7-9)20(19)15-12(14-10)17-5-3-16(8-18)4-6-17/h1-2,7-8H,3-6H2,(H,14,15). The second-order valence-corrected chi connectivity index (χ2v) is 6.12. The molecule has 6 nitrogen and oxygen atoms in total. The van der Waals surface area contributed by atoms with Crippen LogP contribution in [0.25, 0.3) is 0 Å². The highest BCUT2D eigenvalue weighted by atomic mass is 35.5. The highest BCUT2D eigenvalue weighted by molar-refractivity contribution is 7.84. The van der Waals surface area contributed by atoms with Crippen LogP contribution in [0.5, 0.6) is 0 Å². The maximum atomic E-state index is 12.1. The zero-order chi connectivity index (χ0) is 14.1. The normalized spacial score (nSPS) is 21.9. The first-order valence-corrected chi connectivity index (χ1v) is 7.67. The van der Waals surface area contributed by atoms with E-state index in [1.165, 1.54) is 0 Å². The van der Waals surface area contributed by atoms with Gasteiger partial charge in [0.05, 0.1) is 10.6 Å². The molecule has 20 heavy (non-hydrogen) atoms. The van der Waals surface area contributed by atoms with Crippen LogP contribution in [0.1, 0.15) is 0 Å². The van der Waals surface area contributed by atoms with Crippen LogP contribution >= 0.6 is 11.6 Å². The summed E-state index contributed by atoms with van der Waals surface area (Å²) in [6, 6.07) is 5.20. The number of anilines is 1. The first-order valence-electron chi connectivity index (χ1n) is 6.19. The predicted molar refractivity (Wildman–Crippen MR) is 78.1 cm³/mol. The average molecular weight is 313 g/mol. The molecule has 1 atom stereocenters. The third-order valence-electron chi connectivity index (χ3n) is 3.31. The highest BCUT2D eigenvalue weighted by Crippen LogP contribution is 2.28. The summed E-state index contributed by atoms with van der Waals surface area (Å²) in [5, 5.41) is 3.71. The minimum atomic E-state index is -1.45. The summed E-state index contributed by atoms with van der Waals surface area (Å²) in [7, 11) is -1.45. The lowest BCUT2D eigenvalue weighted by Gasteiger charge is -2.35. The molecular weight excluding hydrogens is 300 g/mol. The van der Waals surface area contributed by atoms with Crippen LogP contribution in [0.2, 0.25) is 5.02 Å². The van der Waals surface area contributed by atoms with Gasteiger partial charge in [-0.15, -0.1) is 4.40 Å². The summed E-state index contributed by atoms with van der Waals surface area (Å²) in [5.74, 6) is 0.587. The molecule has 1 saturated heterocycles. The molecule has 1 unspecified atom stereocenters. The smallest absolute Gasteiger partial charge is 0.213 e. The van der Waals surface area contributed by atoms with Gasteiger partial charge in [-0.3, -0.25) is 4.79 Å². The Labute approximate surface area is 124 Å². The van der Waals surface area contributed by atoms with Gasteiger partial charge < -0.3 is 15.1 Å². The van der Waals surface area contributed by atoms with Crippen molar-refractivity contribution >= 4 is 40.6 Å². The molecule has 0 aliphatic carbocycles. The molecule has 0 radical (unpaired) electrons. The fourth-order valence-corrected chi connectivity index (χ4v) is 3.38. The second kappa shape index (κ2) is 5.41. The number of guanidine groups is 1. The Hall–Kier alpha value is -1.60. The van der Waals surface area contributed by atoms with Crippen LogP contribution in [0.4, 0.5) is 5.69 Å². The molecule has 1 aromatic carbocycles. The predicted octanol–water partition coefficient (Wildman–Crippen LogP) is 0.918. The van der Waals surface area contributed by atoms with E-state index in [1.54, 1.807) is 23.1 Å². The molecule has 8 heteroatoms. The lowest BCUT2D eigenvalue weighted by molar-refractivity contribution is -0.119. The first-order chi connectivity index (χ1) is 9.67. The van der Waals surface area contributed by atoms with Crippen LogP contribution in [0.3, 0.4) is 0 Å². The van der Waals surface area contributed by atoms with Crippen molar-refractivity contribution in [3.63, 3.8) is 0 Å². The minimum Gasteiger partial charge on any atom is -0.342 e.